The van der Waals surface area contributed by atoms with Crippen molar-refractivity contribution in [3.05, 3.63) is 81.8 Å². The van der Waals surface area contributed by atoms with Gasteiger partial charge in [-0.25, -0.2) is 13.9 Å². The number of rotatable bonds is 5. The van der Waals surface area contributed by atoms with Crippen LogP contribution in [0.25, 0.3) is 0 Å². The van der Waals surface area contributed by atoms with Gasteiger partial charge in [-0.3, -0.25) is 0 Å². The lowest BCUT2D eigenvalue weighted by molar-refractivity contribution is -0.136. The zero-order valence-corrected chi connectivity index (χ0v) is 17.8. The molecular formula is C21H18ClFN4O2S. The molecule has 0 aliphatic carbocycles. The summed E-state index contributed by atoms with van der Waals surface area (Å²) < 4.78 is 21.2. The maximum Gasteiger partial charge on any atom is 0.338 e. The monoisotopic (exact) mass is 444 g/mol. The fraction of sp³-hybridized carbons (Fsp3) is 0.190. The number of allylic oxidation sites excluding steroid dienone is 1. The molecule has 3 aromatic rings. The number of benzene rings is 2. The lowest BCUT2D eigenvalue weighted by Gasteiger charge is -2.27. The van der Waals surface area contributed by atoms with Gasteiger partial charge in [-0.15, -0.1) is 5.10 Å². The fourth-order valence-electron chi connectivity index (χ4n) is 3.31. The number of fused-ring (bicyclic) bond motifs is 1. The number of carbonyl (C=O) groups is 1. The third-order valence-corrected chi connectivity index (χ3v) is 6.01. The maximum absolute atomic E-state index is 14.7. The summed E-state index contributed by atoms with van der Waals surface area (Å²) in [5.41, 5.74) is 2.09. The van der Waals surface area contributed by atoms with Crippen LogP contribution in [0.3, 0.4) is 0 Å². The van der Waals surface area contributed by atoms with Crippen LogP contribution in [-0.4, -0.2) is 27.8 Å². The molecule has 1 aromatic heterocycles. The van der Waals surface area contributed by atoms with Crippen LogP contribution >= 0.6 is 23.4 Å². The Labute approximate surface area is 182 Å². The molecule has 0 spiro atoms. The van der Waals surface area contributed by atoms with E-state index in [0.29, 0.717) is 33.1 Å². The van der Waals surface area contributed by atoms with Gasteiger partial charge in [-0.2, -0.15) is 4.98 Å². The minimum absolute atomic E-state index is 0.280. The molecule has 1 N–H and O–H groups in total. The Hall–Kier alpha value is -2.84. The Bertz CT molecular complexity index is 1150. The Morgan fingerprint density at radius 1 is 1.27 bits per heavy atom. The van der Waals surface area contributed by atoms with E-state index in [2.05, 4.69) is 15.4 Å². The molecule has 2 heterocycles. The highest BCUT2D eigenvalue weighted by atomic mass is 35.5. The molecule has 9 heteroatoms. The first-order valence-corrected chi connectivity index (χ1v) is 10.5. The molecule has 0 fully saturated rings. The van der Waals surface area contributed by atoms with E-state index in [1.165, 1.54) is 29.6 Å². The van der Waals surface area contributed by atoms with Crippen LogP contribution < -0.4 is 5.32 Å². The van der Waals surface area contributed by atoms with Crippen LogP contribution in [0.15, 0.2) is 65.0 Å². The molecule has 1 aliphatic heterocycles. The van der Waals surface area contributed by atoms with Crippen molar-refractivity contribution in [3.63, 3.8) is 0 Å². The Balaban J connectivity index is 1.72. The number of nitrogens with one attached hydrogen (secondary N) is 1. The first kappa shape index (κ1) is 20.4. The smallest absolute Gasteiger partial charge is 0.338 e. The third-order valence-electron chi connectivity index (χ3n) is 4.75. The number of hydrogen-bond donors (Lipinski definition) is 1. The first-order valence-electron chi connectivity index (χ1n) is 9.13. The van der Waals surface area contributed by atoms with Gasteiger partial charge in [0.25, 0.3) is 0 Å². The Morgan fingerprint density at radius 3 is 2.73 bits per heavy atom. The van der Waals surface area contributed by atoms with Crippen LogP contribution in [0.4, 0.5) is 10.3 Å². The largest absolute Gasteiger partial charge is 0.466 e. The van der Waals surface area contributed by atoms with E-state index in [4.69, 9.17) is 16.3 Å². The average molecular weight is 445 g/mol. The third kappa shape index (κ3) is 3.80. The number of ether oxygens (including phenoxy) is 1. The van der Waals surface area contributed by atoms with Crippen LogP contribution in [0.2, 0.25) is 5.02 Å². The normalized spacial score (nSPS) is 15.5. The Morgan fingerprint density at radius 2 is 2.00 bits per heavy atom. The predicted molar refractivity (Wildman–Crippen MR) is 114 cm³/mol. The highest BCUT2D eigenvalue weighted by molar-refractivity contribution is 7.98. The van der Waals surface area contributed by atoms with Crippen molar-refractivity contribution in [1.82, 2.24) is 14.8 Å². The number of aromatic nitrogens is 3. The van der Waals surface area contributed by atoms with Crippen molar-refractivity contribution in [2.75, 3.05) is 12.4 Å². The van der Waals surface area contributed by atoms with Crippen molar-refractivity contribution in [1.29, 1.82) is 0 Å². The fourth-order valence-corrected chi connectivity index (χ4v) is 4.42. The summed E-state index contributed by atoms with van der Waals surface area (Å²) in [7, 11) is 1.29. The topological polar surface area (TPSA) is 69.0 Å². The number of anilines is 1. The van der Waals surface area contributed by atoms with E-state index in [9.17, 15) is 9.18 Å². The highest BCUT2D eigenvalue weighted by Gasteiger charge is 2.36. The van der Waals surface area contributed by atoms with Crippen LogP contribution in [0.1, 0.15) is 24.1 Å². The van der Waals surface area contributed by atoms with Gasteiger partial charge in [0.05, 0.1) is 12.7 Å². The molecule has 4 rings (SSSR count). The lowest BCUT2D eigenvalue weighted by atomic mass is 9.95. The number of nitrogens with zero attached hydrogens (tertiary/aromatic N) is 3. The van der Waals surface area contributed by atoms with Gasteiger partial charge < -0.3 is 10.1 Å². The molecule has 2 aromatic carbocycles. The summed E-state index contributed by atoms with van der Waals surface area (Å²) in [6.07, 6.45) is 0. The molecule has 1 unspecified atom stereocenters. The maximum atomic E-state index is 14.7. The zero-order valence-electron chi connectivity index (χ0n) is 16.2. The molecule has 0 saturated heterocycles. The molecule has 0 radical (unpaired) electrons. The average Bonchev–Trinajstić information content (AvgIpc) is 3.14. The quantitative estimate of drug-likeness (QED) is 0.449. The Kier molecular flexibility index (Phi) is 5.78. The highest BCUT2D eigenvalue weighted by Crippen LogP contribution is 2.38. The second-order valence-corrected chi connectivity index (χ2v) is 7.97. The van der Waals surface area contributed by atoms with Crippen LogP contribution in [-0.2, 0) is 15.3 Å². The number of thioether (sulfide) groups is 1. The SMILES string of the molecule is COC(=O)C1=C(C)Nc2nc(SCc3ccccc3Cl)nn2C1c1ccccc1F. The van der Waals surface area contributed by atoms with Gasteiger partial charge in [0, 0.05) is 22.0 Å². The van der Waals surface area contributed by atoms with Crippen molar-refractivity contribution >= 4 is 35.3 Å². The summed E-state index contributed by atoms with van der Waals surface area (Å²) in [6, 6.07) is 13.1. The zero-order chi connectivity index (χ0) is 21.3. The molecule has 1 atom stereocenters. The van der Waals surface area contributed by atoms with Crippen molar-refractivity contribution in [2.45, 2.75) is 23.9 Å². The lowest BCUT2D eigenvalue weighted by Crippen LogP contribution is -2.29. The van der Waals surface area contributed by atoms with Crippen LogP contribution in [0.5, 0.6) is 0 Å². The van der Waals surface area contributed by atoms with Gasteiger partial charge in [0.2, 0.25) is 11.1 Å². The van der Waals surface area contributed by atoms with Crippen LogP contribution in [0, 0.1) is 5.82 Å². The van der Waals surface area contributed by atoms with E-state index >= 15 is 0 Å². The second kappa shape index (κ2) is 8.49. The summed E-state index contributed by atoms with van der Waals surface area (Å²) in [5.74, 6) is 0.00379. The molecule has 0 bridgehead atoms. The summed E-state index contributed by atoms with van der Waals surface area (Å²) in [6.45, 7) is 1.73. The summed E-state index contributed by atoms with van der Waals surface area (Å²) in [4.78, 5) is 17.0. The van der Waals surface area contributed by atoms with Crippen molar-refractivity contribution < 1.29 is 13.9 Å². The van der Waals surface area contributed by atoms with E-state index < -0.39 is 17.8 Å². The van der Waals surface area contributed by atoms with Gasteiger partial charge in [-0.1, -0.05) is 59.8 Å². The molecule has 0 amide bonds. The summed E-state index contributed by atoms with van der Waals surface area (Å²) >= 11 is 7.63. The van der Waals surface area contributed by atoms with Gasteiger partial charge >= 0.3 is 5.97 Å². The number of carbonyl (C=O) groups excluding carboxylic acids is 1. The van der Waals surface area contributed by atoms with Crippen molar-refractivity contribution in [2.24, 2.45) is 0 Å². The molecular weight excluding hydrogens is 427 g/mol. The van der Waals surface area contributed by atoms with E-state index in [-0.39, 0.29) is 5.57 Å². The van der Waals surface area contributed by atoms with Crippen molar-refractivity contribution in [3.8, 4) is 0 Å². The molecule has 30 heavy (non-hydrogen) atoms. The number of methoxy groups -OCH3 is 1. The number of halogens is 2. The summed E-state index contributed by atoms with van der Waals surface area (Å²) in [5, 5.41) is 8.78. The molecule has 0 saturated carbocycles. The molecule has 1 aliphatic rings. The second-order valence-electron chi connectivity index (χ2n) is 6.62. The predicted octanol–water partition coefficient (Wildman–Crippen LogP) is 4.82. The first-order chi connectivity index (χ1) is 14.5. The minimum atomic E-state index is -0.794. The minimum Gasteiger partial charge on any atom is -0.466 e. The van der Waals surface area contributed by atoms with Gasteiger partial charge in [0.1, 0.15) is 11.9 Å². The van der Waals surface area contributed by atoms with Gasteiger partial charge in [-0.05, 0) is 24.6 Å². The molecule has 6 nitrogen and oxygen atoms in total. The number of esters is 1. The van der Waals surface area contributed by atoms with Gasteiger partial charge in [0.15, 0.2) is 0 Å². The molecule has 154 valence electrons. The van der Waals surface area contributed by atoms with E-state index in [1.54, 1.807) is 25.1 Å². The van der Waals surface area contributed by atoms with E-state index in [0.717, 1.165) is 5.56 Å². The standard InChI is InChI=1S/C21H18ClFN4O2S/c1-12-17(19(28)29-2)18(14-8-4-6-10-16(14)23)27-20(24-12)25-21(26-27)30-11-13-7-3-5-9-15(13)22/h3-10,18H,11H2,1-2H3,(H,24,25,26). The van der Waals surface area contributed by atoms with E-state index in [1.807, 2.05) is 24.3 Å². The number of hydrogen-bond acceptors (Lipinski definition) is 6.